The van der Waals surface area contributed by atoms with Crippen LogP contribution in [0.5, 0.6) is 0 Å². The second kappa shape index (κ2) is 12.9. The van der Waals surface area contributed by atoms with Crippen LogP contribution in [-0.4, -0.2) is 66.5 Å². The highest BCUT2D eigenvalue weighted by Crippen LogP contribution is 2.87. The van der Waals surface area contributed by atoms with Crippen molar-refractivity contribution >= 4 is 35.6 Å². The van der Waals surface area contributed by atoms with Crippen molar-refractivity contribution in [2.45, 2.75) is 119 Å². The molecule has 0 saturated heterocycles. The Morgan fingerprint density at radius 3 is 2.34 bits per heavy atom. The Morgan fingerprint density at radius 1 is 1.04 bits per heavy atom. The summed E-state index contributed by atoms with van der Waals surface area (Å²) in [5.74, 6) is -2.83. The molecule has 0 aromatic carbocycles. The summed E-state index contributed by atoms with van der Waals surface area (Å²) >= 11 is 0. The second-order valence-corrected chi connectivity index (χ2v) is 17.2. The van der Waals surface area contributed by atoms with Crippen molar-refractivity contribution in [2.24, 2.45) is 51.2 Å². The zero-order valence-electron chi connectivity index (χ0n) is 31.1. The van der Waals surface area contributed by atoms with Crippen LogP contribution in [0.2, 0.25) is 0 Å². The molecule has 11 atom stereocenters. The third kappa shape index (κ3) is 6.20. The Labute approximate surface area is 295 Å². The van der Waals surface area contributed by atoms with E-state index in [1.165, 1.54) is 13.8 Å². The van der Waals surface area contributed by atoms with E-state index in [0.717, 1.165) is 32.1 Å². The lowest BCUT2D eigenvalue weighted by Crippen LogP contribution is -2.57. The molecule has 5 rings (SSSR count). The number of rotatable bonds is 10. The van der Waals surface area contributed by atoms with Crippen molar-refractivity contribution in [3.05, 3.63) is 24.3 Å². The molecule has 1 N–H and O–H groups in total. The van der Waals surface area contributed by atoms with E-state index >= 15 is 0 Å². The highest BCUT2D eigenvalue weighted by molar-refractivity contribution is 6.00. The second-order valence-electron chi connectivity index (χ2n) is 17.2. The lowest BCUT2D eigenvalue weighted by atomic mass is 9.43. The first-order chi connectivity index (χ1) is 23.1. The largest absolute Gasteiger partial charge is 0.464 e. The molecule has 1 amide bonds. The van der Waals surface area contributed by atoms with E-state index in [-0.39, 0.29) is 46.0 Å². The molecule has 0 aromatic rings. The van der Waals surface area contributed by atoms with Gasteiger partial charge in [0.25, 0.3) is 0 Å². The average Bonchev–Trinajstić information content (AvgIpc) is 3.62. The minimum absolute atomic E-state index is 0.00829. The van der Waals surface area contributed by atoms with Crippen molar-refractivity contribution < 1.29 is 47.7 Å². The van der Waals surface area contributed by atoms with Gasteiger partial charge in [0.1, 0.15) is 18.2 Å². The molecule has 5 aliphatic carbocycles. The zero-order chi connectivity index (χ0) is 37.2. The lowest BCUT2D eigenvalue weighted by molar-refractivity contribution is -0.173. The van der Waals surface area contributed by atoms with Crippen LogP contribution in [0.25, 0.3) is 0 Å². The van der Waals surface area contributed by atoms with Crippen molar-refractivity contribution in [1.82, 2.24) is 5.32 Å². The van der Waals surface area contributed by atoms with E-state index in [2.05, 4.69) is 38.7 Å². The maximum atomic E-state index is 14.4. The van der Waals surface area contributed by atoms with Gasteiger partial charge in [-0.05, 0) is 104 Å². The Balaban J connectivity index is 1.37. The van der Waals surface area contributed by atoms with Gasteiger partial charge in [-0.1, -0.05) is 40.3 Å². The number of hydrogen-bond donors (Lipinski definition) is 1. The normalized spacial score (nSPS) is 37.8. The van der Waals surface area contributed by atoms with Crippen LogP contribution in [0.4, 0.5) is 4.79 Å². The fraction of sp³-hybridized carbons (Fsp3) is 0.744. The average molecular weight is 698 g/mol. The molecule has 50 heavy (non-hydrogen) atoms. The summed E-state index contributed by atoms with van der Waals surface area (Å²) in [4.78, 5) is 76.6. The zero-order valence-corrected chi connectivity index (χ0v) is 31.1. The molecule has 5 aliphatic rings. The van der Waals surface area contributed by atoms with Gasteiger partial charge in [-0.3, -0.25) is 24.0 Å². The number of ether oxygens (including phenoxy) is 4. The fourth-order valence-electron chi connectivity index (χ4n) is 11.0. The highest BCUT2D eigenvalue weighted by atomic mass is 16.6. The van der Waals surface area contributed by atoms with Gasteiger partial charge in [0, 0.05) is 31.6 Å². The minimum Gasteiger partial charge on any atom is -0.464 e. The van der Waals surface area contributed by atoms with Gasteiger partial charge in [-0.25, -0.2) is 4.79 Å². The minimum atomic E-state index is -1.27. The van der Waals surface area contributed by atoms with Crippen molar-refractivity contribution in [2.75, 3.05) is 13.2 Å². The van der Waals surface area contributed by atoms with Crippen LogP contribution in [0.3, 0.4) is 0 Å². The lowest BCUT2D eigenvalue weighted by Gasteiger charge is -2.60. The molecule has 276 valence electrons. The molecule has 2 spiro atoms. The highest BCUT2D eigenvalue weighted by Gasteiger charge is 2.82. The van der Waals surface area contributed by atoms with E-state index in [4.69, 9.17) is 18.9 Å². The molecule has 4 saturated carbocycles. The summed E-state index contributed by atoms with van der Waals surface area (Å²) in [6.45, 7) is 19.3. The van der Waals surface area contributed by atoms with Gasteiger partial charge in [0.15, 0.2) is 17.7 Å². The predicted octanol–water partition coefficient (Wildman–Crippen LogP) is 5.68. The number of esters is 3. The Kier molecular flexibility index (Phi) is 9.76. The Hall–Kier alpha value is -3.50. The number of alkyl carbamates (subject to hydrolysis) is 1. The number of nitrogens with one attached hydrogen (secondary N) is 1. The van der Waals surface area contributed by atoms with Gasteiger partial charge in [-0.15, -0.1) is 0 Å². The van der Waals surface area contributed by atoms with Crippen molar-refractivity contribution in [1.29, 1.82) is 0 Å². The van der Waals surface area contributed by atoms with Crippen LogP contribution >= 0.6 is 0 Å². The summed E-state index contributed by atoms with van der Waals surface area (Å²) in [7, 11) is 0. The van der Waals surface area contributed by atoms with E-state index < -0.39 is 71.4 Å². The van der Waals surface area contributed by atoms with Gasteiger partial charge < -0.3 is 24.3 Å². The monoisotopic (exact) mass is 697 g/mol. The number of ketones is 2. The predicted molar refractivity (Wildman–Crippen MR) is 182 cm³/mol. The summed E-state index contributed by atoms with van der Waals surface area (Å²) in [6.07, 6.45) is 6.36. The van der Waals surface area contributed by atoms with E-state index in [1.807, 2.05) is 0 Å². The maximum Gasteiger partial charge on any atom is 0.408 e. The smallest absolute Gasteiger partial charge is 0.408 e. The number of Topliss-reactive ketones (excluding diaryl/α,β-unsaturated/α-hetero) is 1. The maximum absolute atomic E-state index is 14.4. The summed E-state index contributed by atoms with van der Waals surface area (Å²) in [6, 6.07) is 0. The third-order valence-corrected chi connectivity index (χ3v) is 13.4. The molecule has 4 fully saturated rings. The van der Waals surface area contributed by atoms with Crippen LogP contribution in [0.15, 0.2) is 24.3 Å². The first kappa shape index (κ1) is 37.7. The molecule has 0 radical (unpaired) electrons. The number of fused-ring (bicyclic) bond motifs is 2. The first-order valence-corrected chi connectivity index (χ1v) is 18.1. The standard InChI is InChI=1S/C39H55NO10/c1-21(19-47-30(44)18-40-34(46)50-35(6,7)8)22(2)32(45)33(49-25(5)42)31-28(48-24(4)41)17-37(10)29-12-11-26-23(3)27(43)13-14-38(26)20-39(29,38)16-15-36(31,37)9/h13-14,21,23,26,28-29,31,33H,2,11-12,15-20H2,1,3-10H3,(H,40,46)/t21-,23-,26?,28-,29-,31?,33+,36+,37-,38+,39-/m0/s1. The number of carbonyl (C=O) groups excluding carboxylic acids is 6. The molecule has 0 bridgehead atoms. The van der Waals surface area contributed by atoms with Crippen LogP contribution in [-0.2, 0) is 42.9 Å². The van der Waals surface area contributed by atoms with Crippen molar-refractivity contribution in [3.63, 3.8) is 0 Å². The number of hydrogen-bond acceptors (Lipinski definition) is 10. The van der Waals surface area contributed by atoms with Crippen molar-refractivity contribution in [3.8, 4) is 0 Å². The van der Waals surface area contributed by atoms with Gasteiger partial charge in [0.05, 0.1) is 6.61 Å². The molecule has 11 nitrogen and oxygen atoms in total. The quantitative estimate of drug-likeness (QED) is 0.171. The number of carbonyl (C=O) groups is 6. The third-order valence-electron chi connectivity index (χ3n) is 13.4. The van der Waals surface area contributed by atoms with E-state index in [1.54, 1.807) is 33.8 Å². The molecule has 0 aromatic heterocycles. The molecule has 0 aliphatic heterocycles. The van der Waals surface area contributed by atoms with Crippen LogP contribution < -0.4 is 5.32 Å². The molecular weight excluding hydrogens is 642 g/mol. The SMILES string of the molecule is C=C(C(=O)[C@H](OC(C)=O)C1[C@@H](OC(C)=O)C[C@@]2(C)[C@@H]3CCC4[C@H](C)C(=O)C=C[C@@]45C[C@@]35CC[C@]12C)[C@@H](C)COC(=O)CNC(=O)OC(C)(C)C. The number of allylic oxidation sites excluding steroid dienone is 2. The van der Waals surface area contributed by atoms with Gasteiger partial charge in [-0.2, -0.15) is 0 Å². The summed E-state index contributed by atoms with van der Waals surface area (Å²) in [5, 5.41) is 2.35. The van der Waals surface area contributed by atoms with Crippen LogP contribution in [0, 0.1) is 51.2 Å². The van der Waals surface area contributed by atoms with Gasteiger partial charge in [0.2, 0.25) is 0 Å². The first-order valence-electron chi connectivity index (χ1n) is 18.1. The summed E-state index contributed by atoms with van der Waals surface area (Å²) < 4.78 is 22.4. The number of amides is 1. The Morgan fingerprint density at radius 2 is 1.72 bits per heavy atom. The topological polar surface area (TPSA) is 151 Å². The Bertz CT molecular complexity index is 1510. The summed E-state index contributed by atoms with van der Waals surface area (Å²) in [5.41, 5.74) is -1.50. The molecule has 11 heteroatoms. The molecule has 2 unspecified atom stereocenters. The van der Waals surface area contributed by atoms with E-state index in [0.29, 0.717) is 12.3 Å². The molecular formula is C39H55NO10. The fourth-order valence-corrected chi connectivity index (χ4v) is 11.0. The molecule has 0 heterocycles. The van der Waals surface area contributed by atoms with Crippen LogP contribution in [0.1, 0.15) is 101 Å². The van der Waals surface area contributed by atoms with Gasteiger partial charge >= 0.3 is 24.0 Å². The van der Waals surface area contributed by atoms with E-state index in [9.17, 15) is 28.8 Å².